The first-order valence-corrected chi connectivity index (χ1v) is 23.5. The third-order valence-electron chi connectivity index (χ3n) is 14.6. The van der Waals surface area contributed by atoms with E-state index in [-0.39, 0.29) is 53.2 Å². The van der Waals surface area contributed by atoms with Crippen LogP contribution in [0.25, 0.3) is 0 Å². The highest BCUT2D eigenvalue weighted by Gasteiger charge is 2.53. The third kappa shape index (κ3) is 8.94. The van der Waals surface area contributed by atoms with E-state index >= 15 is 4.39 Å². The molecule has 12 nitrogen and oxygen atoms in total. The summed E-state index contributed by atoms with van der Waals surface area (Å²) in [6.45, 7) is 14.0. The van der Waals surface area contributed by atoms with Crippen molar-refractivity contribution >= 4 is 27.5 Å². The zero-order valence-corrected chi connectivity index (χ0v) is 35.5. The van der Waals surface area contributed by atoms with Crippen LogP contribution in [0.4, 0.5) is 14.9 Å². The molecule has 3 atom stereocenters. The van der Waals surface area contributed by atoms with E-state index in [1.165, 1.54) is 19.6 Å². The van der Waals surface area contributed by atoms with Crippen molar-refractivity contribution in [2.24, 2.45) is 17.8 Å². The van der Waals surface area contributed by atoms with Crippen LogP contribution >= 0.6 is 0 Å². The zero-order chi connectivity index (χ0) is 41.3. The van der Waals surface area contributed by atoms with Crippen LogP contribution in [0.3, 0.4) is 0 Å². The number of ether oxygens (including phenoxy) is 1. The van der Waals surface area contributed by atoms with E-state index in [1.54, 1.807) is 23.1 Å². The van der Waals surface area contributed by atoms with Crippen molar-refractivity contribution in [2.45, 2.75) is 79.1 Å². The van der Waals surface area contributed by atoms with Gasteiger partial charge >= 0.3 is 6.09 Å². The normalized spacial score (nSPS) is 25.5. The van der Waals surface area contributed by atoms with Crippen LogP contribution in [-0.4, -0.2) is 155 Å². The highest BCUT2D eigenvalue weighted by molar-refractivity contribution is 7.92. The first-order valence-electron chi connectivity index (χ1n) is 21.9. The topological polar surface area (TPSA) is 126 Å². The maximum absolute atomic E-state index is 15.0. The number of carbonyl (C=O) groups is 2. The van der Waals surface area contributed by atoms with E-state index in [0.717, 1.165) is 109 Å². The molecule has 5 saturated heterocycles. The van der Waals surface area contributed by atoms with Crippen molar-refractivity contribution in [1.29, 1.82) is 0 Å². The molecule has 2 amide bonds. The summed E-state index contributed by atoms with van der Waals surface area (Å²) in [4.78, 5) is 36.9. The van der Waals surface area contributed by atoms with E-state index in [0.29, 0.717) is 36.8 Å². The summed E-state index contributed by atoms with van der Waals surface area (Å²) < 4.78 is 47.1. The fourth-order valence-electron chi connectivity index (χ4n) is 11.1. The zero-order valence-electron chi connectivity index (χ0n) is 34.6. The lowest BCUT2D eigenvalue weighted by molar-refractivity contribution is -0.130. The van der Waals surface area contributed by atoms with Crippen molar-refractivity contribution in [1.82, 2.24) is 24.9 Å². The molecule has 2 N–H and O–H groups in total. The van der Waals surface area contributed by atoms with Crippen LogP contribution in [-0.2, 0) is 24.8 Å². The van der Waals surface area contributed by atoms with Gasteiger partial charge in [-0.2, -0.15) is 0 Å². The number of carbonyl (C=O) groups excluding carboxylic acids is 2. The van der Waals surface area contributed by atoms with Crippen LogP contribution in [0.2, 0.25) is 0 Å². The highest BCUT2D eigenvalue weighted by Crippen LogP contribution is 2.51. The molecule has 1 saturated carbocycles. The molecule has 0 radical (unpaired) electrons. The Morgan fingerprint density at radius 2 is 1.58 bits per heavy atom. The Kier molecular flexibility index (Phi) is 12.7. The number of anilines is 1. The van der Waals surface area contributed by atoms with Gasteiger partial charge in [0, 0.05) is 87.5 Å². The summed E-state index contributed by atoms with van der Waals surface area (Å²) >= 11 is 0. The van der Waals surface area contributed by atoms with Crippen LogP contribution in [0, 0.1) is 23.6 Å². The SMILES string of the molecule is C=C(CN1CCC(O)CC1)C(=O)N1CC(S(=O)(=O)c2ccc(N3CC(CN4CCC([C@@](CN5CCC5)(c5cccc(F)c5)[C@H]5CCC[C@@H]5NC(=O)OC)CC4)C3)cc2)C1. The number of nitrogens with one attached hydrogen (secondary N) is 1. The largest absolute Gasteiger partial charge is 0.453 e. The smallest absolute Gasteiger partial charge is 0.407 e. The maximum Gasteiger partial charge on any atom is 0.407 e. The van der Waals surface area contributed by atoms with E-state index in [4.69, 9.17) is 4.74 Å². The first-order chi connectivity index (χ1) is 28.4. The second-order valence-corrected chi connectivity index (χ2v) is 20.5. The number of piperidine rings is 2. The van der Waals surface area contributed by atoms with Gasteiger partial charge in [-0.25, -0.2) is 17.6 Å². The minimum Gasteiger partial charge on any atom is -0.453 e. The number of amides is 2. The molecule has 0 unspecified atom stereocenters. The van der Waals surface area contributed by atoms with Crippen LogP contribution in [0.1, 0.15) is 56.9 Å². The number of sulfone groups is 1. The van der Waals surface area contributed by atoms with Crippen molar-refractivity contribution in [3.63, 3.8) is 0 Å². The fourth-order valence-corrected chi connectivity index (χ4v) is 12.8. The van der Waals surface area contributed by atoms with E-state index < -0.39 is 21.2 Å². The number of hydrogen-bond donors (Lipinski definition) is 2. The summed E-state index contributed by atoms with van der Waals surface area (Å²) in [7, 11) is -2.16. The second kappa shape index (κ2) is 17.8. The number of halogens is 1. The maximum atomic E-state index is 15.0. The van der Waals surface area contributed by atoms with Gasteiger partial charge in [-0.3, -0.25) is 9.69 Å². The summed E-state index contributed by atoms with van der Waals surface area (Å²) in [6.07, 6.45) is 6.83. The lowest BCUT2D eigenvalue weighted by Gasteiger charge is -2.54. The van der Waals surface area contributed by atoms with Crippen molar-refractivity contribution < 1.29 is 32.2 Å². The number of likely N-dealkylation sites (tertiary alicyclic amines) is 4. The molecule has 5 heterocycles. The van der Waals surface area contributed by atoms with Crippen molar-refractivity contribution in [2.75, 3.05) is 97.1 Å². The van der Waals surface area contributed by atoms with Gasteiger partial charge in [0.1, 0.15) is 11.1 Å². The molecule has 0 bridgehead atoms. The molecule has 6 fully saturated rings. The van der Waals surface area contributed by atoms with Crippen LogP contribution in [0.5, 0.6) is 0 Å². The molecule has 1 aliphatic carbocycles. The molecule has 59 heavy (non-hydrogen) atoms. The van der Waals surface area contributed by atoms with Crippen molar-refractivity contribution in [3.8, 4) is 0 Å². The molecule has 322 valence electrons. The Balaban J connectivity index is 0.839. The van der Waals surface area contributed by atoms with Crippen LogP contribution in [0.15, 0.2) is 65.6 Å². The van der Waals surface area contributed by atoms with Crippen LogP contribution < -0.4 is 10.2 Å². The predicted octanol–water partition coefficient (Wildman–Crippen LogP) is 4.14. The van der Waals surface area contributed by atoms with Gasteiger partial charge in [0.25, 0.3) is 5.91 Å². The summed E-state index contributed by atoms with van der Waals surface area (Å²) in [6, 6.07) is 14.5. The lowest BCUT2D eigenvalue weighted by atomic mass is 9.57. The monoisotopic (exact) mass is 834 g/mol. The molecular formula is C45H63FN6O6S. The van der Waals surface area contributed by atoms with Gasteiger partial charge < -0.3 is 34.8 Å². The number of methoxy groups -OCH3 is 1. The molecule has 2 aromatic carbocycles. The average molecular weight is 835 g/mol. The first kappa shape index (κ1) is 42.1. The second-order valence-electron chi connectivity index (χ2n) is 18.3. The van der Waals surface area contributed by atoms with Crippen molar-refractivity contribution in [3.05, 3.63) is 72.1 Å². The minimum atomic E-state index is -3.58. The van der Waals surface area contributed by atoms with Gasteiger partial charge in [-0.15, -0.1) is 0 Å². The molecule has 0 spiro atoms. The lowest BCUT2D eigenvalue weighted by Crippen LogP contribution is -2.60. The molecule has 0 aromatic heterocycles. The quantitative estimate of drug-likeness (QED) is 0.269. The van der Waals surface area contributed by atoms with Gasteiger partial charge in [0.2, 0.25) is 0 Å². The Bertz CT molecular complexity index is 1920. The van der Waals surface area contributed by atoms with E-state index in [9.17, 15) is 23.1 Å². The fraction of sp³-hybridized carbons (Fsp3) is 0.644. The van der Waals surface area contributed by atoms with Gasteiger partial charge in [0.05, 0.1) is 18.1 Å². The molecule has 8 rings (SSSR count). The Morgan fingerprint density at radius 3 is 2.22 bits per heavy atom. The number of benzene rings is 2. The van der Waals surface area contributed by atoms with E-state index in [1.807, 2.05) is 18.2 Å². The Labute approximate surface area is 349 Å². The Morgan fingerprint density at radius 1 is 0.881 bits per heavy atom. The standard InChI is InChI=1S/C45H63FN6O6S/c1-32(25-48-22-16-38(53)17-23-48)43(54)52-29-40(30-52)59(56,57)39-12-10-37(11-13-39)51-27-33(28-51)26-49-20-14-34(15-21-49)45(31-50-18-5-19-50,35-6-3-7-36(46)24-35)41-8-4-9-42(41)47-44(55)58-2/h3,6-7,10-13,24,33-34,38,40-42,53H,1,4-5,8-9,14-23,25-31H2,2H3,(H,47,55)/t41-,42-,45-/m0/s1. The van der Waals surface area contributed by atoms with Gasteiger partial charge in [-0.1, -0.05) is 25.1 Å². The summed E-state index contributed by atoms with van der Waals surface area (Å²) in [5.41, 5.74) is 2.26. The number of rotatable bonds is 14. The summed E-state index contributed by atoms with van der Waals surface area (Å²) in [5.74, 6) is 0.653. The van der Waals surface area contributed by atoms with E-state index in [2.05, 4.69) is 37.6 Å². The number of alkyl carbamates (subject to hydrolysis) is 1. The Hall–Kier alpha value is -3.56. The molecular weight excluding hydrogens is 772 g/mol. The number of aliphatic hydroxyl groups excluding tert-OH is 1. The van der Waals surface area contributed by atoms with Gasteiger partial charge in [-0.05, 0) is 125 Å². The molecule has 14 heteroatoms. The molecule has 2 aromatic rings. The number of nitrogens with zero attached hydrogens (tertiary/aromatic N) is 5. The molecule has 5 aliphatic heterocycles. The van der Waals surface area contributed by atoms with Gasteiger partial charge in [0.15, 0.2) is 9.84 Å². The average Bonchev–Trinajstić information content (AvgIpc) is 3.64. The minimum absolute atomic E-state index is 0.0160. The third-order valence-corrected chi connectivity index (χ3v) is 16.7. The number of aliphatic hydroxyl groups is 1. The predicted molar refractivity (Wildman–Crippen MR) is 225 cm³/mol. The highest BCUT2D eigenvalue weighted by atomic mass is 32.2. The summed E-state index contributed by atoms with van der Waals surface area (Å²) in [5, 5.41) is 12.3. The molecule has 6 aliphatic rings. The number of hydrogen-bond acceptors (Lipinski definition) is 10.